The summed E-state index contributed by atoms with van der Waals surface area (Å²) in [6.07, 6.45) is -0.222. The van der Waals surface area contributed by atoms with Gasteiger partial charge < -0.3 is 10.5 Å². The van der Waals surface area contributed by atoms with Gasteiger partial charge in [-0.05, 0) is 36.2 Å². The fraction of sp³-hybridized carbons (Fsp3) is 0.250. The minimum Gasteiger partial charge on any atom is -0.481 e. The van der Waals surface area contributed by atoms with Crippen LogP contribution in [0, 0.1) is 17.5 Å². The zero-order valence-electron chi connectivity index (χ0n) is 11.5. The maximum Gasteiger partial charge on any atom is 0.165 e. The van der Waals surface area contributed by atoms with Gasteiger partial charge in [0, 0.05) is 12.1 Å². The van der Waals surface area contributed by atoms with Crippen molar-refractivity contribution in [2.45, 2.75) is 25.5 Å². The molecule has 0 radical (unpaired) electrons. The molecule has 2 aromatic carbocycles. The molecule has 0 saturated carbocycles. The van der Waals surface area contributed by atoms with Crippen LogP contribution in [0.1, 0.15) is 25.0 Å². The zero-order chi connectivity index (χ0) is 15.4. The Balaban J connectivity index is 2.35. The molecule has 0 saturated heterocycles. The second kappa shape index (κ2) is 6.63. The van der Waals surface area contributed by atoms with Crippen LogP contribution in [0.15, 0.2) is 42.5 Å². The van der Waals surface area contributed by atoms with Crippen LogP contribution in [-0.2, 0) is 0 Å². The van der Waals surface area contributed by atoms with Crippen LogP contribution in [0.3, 0.4) is 0 Å². The Labute approximate surface area is 121 Å². The number of rotatable bonds is 5. The summed E-state index contributed by atoms with van der Waals surface area (Å²) in [6.45, 7) is 1.84. The maximum absolute atomic E-state index is 13.7. The van der Waals surface area contributed by atoms with Crippen LogP contribution in [0.25, 0.3) is 0 Å². The largest absolute Gasteiger partial charge is 0.481 e. The van der Waals surface area contributed by atoms with E-state index in [-0.39, 0.29) is 5.75 Å². The molecule has 112 valence electrons. The SMILES string of the molecule is CCC(N)C(Oc1cc(F)ccc1F)c1cccc(F)c1. The molecular weight excluding hydrogens is 279 g/mol. The van der Waals surface area contributed by atoms with Gasteiger partial charge >= 0.3 is 0 Å². The molecule has 0 aliphatic carbocycles. The van der Waals surface area contributed by atoms with Gasteiger partial charge in [0.05, 0.1) is 0 Å². The van der Waals surface area contributed by atoms with E-state index in [0.717, 1.165) is 18.2 Å². The number of benzene rings is 2. The van der Waals surface area contributed by atoms with Crippen molar-refractivity contribution in [1.29, 1.82) is 0 Å². The Morgan fingerprint density at radius 3 is 2.43 bits per heavy atom. The highest BCUT2D eigenvalue weighted by Gasteiger charge is 2.22. The number of nitrogens with two attached hydrogens (primary N) is 1. The first-order chi connectivity index (χ1) is 10.0. The van der Waals surface area contributed by atoms with Crippen LogP contribution in [0.4, 0.5) is 13.2 Å². The summed E-state index contributed by atoms with van der Waals surface area (Å²) in [5, 5.41) is 0. The molecule has 2 unspecified atom stereocenters. The van der Waals surface area contributed by atoms with E-state index >= 15 is 0 Å². The predicted octanol–water partition coefficient (Wildman–Crippen LogP) is 3.96. The quantitative estimate of drug-likeness (QED) is 0.906. The Hall–Kier alpha value is -2.01. The van der Waals surface area contributed by atoms with Crippen molar-refractivity contribution < 1.29 is 17.9 Å². The summed E-state index contributed by atoms with van der Waals surface area (Å²) < 4.78 is 45.8. The number of hydrogen-bond donors (Lipinski definition) is 1. The molecule has 2 aromatic rings. The van der Waals surface area contributed by atoms with Gasteiger partial charge in [-0.3, -0.25) is 0 Å². The van der Waals surface area contributed by atoms with E-state index in [0.29, 0.717) is 12.0 Å². The van der Waals surface area contributed by atoms with Crippen LogP contribution in [0.2, 0.25) is 0 Å². The summed E-state index contributed by atoms with van der Waals surface area (Å²) in [5.41, 5.74) is 6.45. The van der Waals surface area contributed by atoms with Gasteiger partial charge in [0.15, 0.2) is 11.6 Å². The van der Waals surface area contributed by atoms with Gasteiger partial charge in [0.1, 0.15) is 17.7 Å². The topological polar surface area (TPSA) is 35.2 Å². The maximum atomic E-state index is 13.7. The van der Waals surface area contributed by atoms with Crippen molar-refractivity contribution in [2.24, 2.45) is 5.73 Å². The molecule has 0 bridgehead atoms. The second-order valence-corrected chi connectivity index (χ2v) is 4.74. The molecule has 0 aromatic heterocycles. The molecular formula is C16H16F3NO. The van der Waals surface area contributed by atoms with Crippen molar-refractivity contribution in [3.8, 4) is 5.75 Å². The Bertz CT molecular complexity index is 618. The summed E-state index contributed by atoms with van der Waals surface area (Å²) in [7, 11) is 0. The summed E-state index contributed by atoms with van der Waals surface area (Å²) >= 11 is 0. The predicted molar refractivity (Wildman–Crippen MR) is 74.4 cm³/mol. The van der Waals surface area contributed by atoms with Crippen LogP contribution in [-0.4, -0.2) is 6.04 Å². The Kier molecular flexibility index (Phi) is 4.85. The first-order valence-electron chi connectivity index (χ1n) is 6.64. The van der Waals surface area contributed by atoms with Crippen LogP contribution in [0.5, 0.6) is 5.75 Å². The van der Waals surface area contributed by atoms with Gasteiger partial charge in [-0.2, -0.15) is 0 Å². The van der Waals surface area contributed by atoms with Crippen molar-refractivity contribution in [2.75, 3.05) is 0 Å². The second-order valence-electron chi connectivity index (χ2n) is 4.74. The lowest BCUT2D eigenvalue weighted by Gasteiger charge is -2.25. The first-order valence-corrected chi connectivity index (χ1v) is 6.64. The standard InChI is InChI=1S/C16H16F3NO/c1-2-14(20)16(10-4-3-5-11(17)8-10)21-15-9-12(18)6-7-13(15)19/h3-9,14,16H,2,20H2,1H3. The number of ether oxygens (including phenoxy) is 1. The summed E-state index contributed by atoms with van der Waals surface area (Å²) in [6, 6.07) is 8.17. The molecule has 2 atom stereocenters. The van der Waals surface area contributed by atoms with Crippen LogP contribution >= 0.6 is 0 Å². The molecule has 0 amide bonds. The minimum atomic E-state index is -0.762. The van der Waals surface area contributed by atoms with Gasteiger partial charge in [0.25, 0.3) is 0 Å². The van der Waals surface area contributed by atoms with Gasteiger partial charge in [-0.25, -0.2) is 13.2 Å². The highest BCUT2D eigenvalue weighted by atomic mass is 19.1. The third-order valence-corrected chi connectivity index (χ3v) is 3.18. The highest BCUT2D eigenvalue weighted by Crippen LogP contribution is 2.28. The average molecular weight is 295 g/mol. The van der Waals surface area contributed by atoms with E-state index in [4.69, 9.17) is 10.5 Å². The Morgan fingerprint density at radius 1 is 1.05 bits per heavy atom. The lowest BCUT2D eigenvalue weighted by atomic mass is 10.0. The molecule has 2 nitrogen and oxygen atoms in total. The lowest BCUT2D eigenvalue weighted by molar-refractivity contribution is 0.162. The molecule has 21 heavy (non-hydrogen) atoms. The monoisotopic (exact) mass is 295 g/mol. The normalized spacial score (nSPS) is 13.8. The molecule has 5 heteroatoms. The fourth-order valence-corrected chi connectivity index (χ4v) is 2.00. The average Bonchev–Trinajstić information content (AvgIpc) is 2.47. The van der Waals surface area contributed by atoms with E-state index in [2.05, 4.69) is 0 Å². The van der Waals surface area contributed by atoms with Crippen molar-refractivity contribution >= 4 is 0 Å². The van der Waals surface area contributed by atoms with Gasteiger partial charge in [-0.15, -0.1) is 0 Å². The van der Waals surface area contributed by atoms with Gasteiger partial charge in [0.2, 0.25) is 0 Å². The molecule has 0 heterocycles. The van der Waals surface area contributed by atoms with E-state index in [1.54, 1.807) is 6.07 Å². The number of halogens is 3. The molecule has 0 aliphatic heterocycles. The molecule has 0 spiro atoms. The van der Waals surface area contributed by atoms with Crippen molar-refractivity contribution in [3.63, 3.8) is 0 Å². The summed E-state index contributed by atoms with van der Waals surface area (Å²) in [5.74, 6) is -1.99. The minimum absolute atomic E-state index is 0.242. The van der Waals surface area contributed by atoms with Crippen molar-refractivity contribution in [1.82, 2.24) is 0 Å². The van der Waals surface area contributed by atoms with Crippen molar-refractivity contribution in [3.05, 3.63) is 65.5 Å². The highest BCUT2D eigenvalue weighted by molar-refractivity contribution is 5.28. The van der Waals surface area contributed by atoms with E-state index in [1.165, 1.54) is 18.2 Å². The fourth-order valence-electron chi connectivity index (χ4n) is 2.00. The Morgan fingerprint density at radius 2 is 1.76 bits per heavy atom. The zero-order valence-corrected chi connectivity index (χ0v) is 11.5. The summed E-state index contributed by atoms with van der Waals surface area (Å²) in [4.78, 5) is 0. The van der Waals surface area contributed by atoms with E-state index in [1.807, 2.05) is 6.92 Å². The number of hydrogen-bond acceptors (Lipinski definition) is 2. The third-order valence-electron chi connectivity index (χ3n) is 3.18. The first kappa shape index (κ1) is 15.4. The smallest absolute Gasteiger partial charge is 0.165 e. The van der Waals surface area contributed by atoms with Gasteiger partial charge in [-0.1, -0.05) is 19.1 Å². The third kappa shape index (κ3) is 3.76. The van der Waals surface area contributed by atoms with E-state index in [9.17, 15) is 13.2 Å². The molecule has 2 rings (SSSR count). The van der Waals surface area contributed by atoms with E-state index < -0.39 is 29.6 Å². The van der Waals surface area contributed by atoms with Crippen LogP contribution < -0.4 is 10.5 Å². The molecule has 0 fully saturated rings. The molecule has 0 aliphatic rings. The lowest BCUT2D eigenvalue weighted by Crippen LogP contribution is -2.31. The molecule has 2 N–H and O–H groups in total.